The predicted molar refractivity (Wildman–Crippen MR) is 106 cm³/mol. The fourth-order valence-electron chi connectivity index (χ4n) is 4.03. The summed E-state index contributed by atoms with van der Waals surface area (Å²) in [6, 6.07) is 11.3. The van der Waals surface area contributed by atoms with Crippen molar-refractivity contribution in [2.45, 2.75) is 39.3 Å². The van der Waals surface area contributed by atoms with E-state index < -0.39 is 0 Å². The van der Waals surface area contributed by atoms with Crippen molar-refractivity contribution in [1.82, 2.24) is 20.0 Å². The monoisotopic (exact) mass is 358 g/mol. The maximum Gasteiger partial charge on any atom is 0.317 e. The lowest BCUT2D eigenvalue weighted by Crippen LogP contribution is -2.52. The number of nitrogens with one attached hydrogen (secondary N) is 1. The van der Waals surface area contributed by atoms with Gasteiger partial charge in [-0.2, -0.15) is 0 Å². The number of piperidine rings is 1. The highest BCUT2D eigenvalue weighted by molar-refractivity contribution is 5.74. The zero-order chi connectivity index (χ0) is 18.4. The molecule has 5 nitrogen and oxygen atoms in total. The summed E-state index contributed by atoms with van der Waals surface area (Å²) in [5, 5.41) is 3.19. The first kappa shape index (κ1) is 19.2. The minimum Gasteiger partial charge on any atom is -0.338 e. The number of nitrogens with zero attached hydrogens (tertiary/aromatic N) is 3. The summed E-state index contributed by atoms with van der Waals surface area (Å²) < 4.78 is 0. The number of benzene rings is 1. The quantitative estimate of drug-likeness (QED) is 0.879. The fourth-order valence-corrected chi connectivity index (χ4v) is 4.03. The number of hydrogen-bond acceptors (Lipinski definition) is 3. The van der Waals surface area contributed by atoms with Gasteiger partial charge >= 0.3 is 6.03 Å². The number of amides is 2. The molecular formula is C21H34N4O. The fraction of sp³-hybridized carbons (Fsp3) is 0.667. The Morgan fingerprint density at radius 3 is 2.54 bits per heavy atom. The van der Waals surface area contributed by atoms with Crippen molar-refractivity contribution in [3.63, 3.8) is 0 Å². The third-order valence-electron chi connectivity index (χ3n) is 5.73. The second kappa shape index (κ2) is 9.38. The Hall–Kier alpha value is -1.59. The van der Waals surface area contributed by atoms with Crippen LogP contribution in [-0.4, -0.2) is 72.6 Å². The highest BCUT2D eigenvalue weighted by Gasteiger charge is 2.24. The van der Waals surface area contributed by atoms with E-state index in [-0.39, 0.29) is 6.03 Å². The molecule has 0 aliphatic carbocycles. The van der Waals surface area contributed by atoms with Gasteiger partial charge in [0.05, 0.1) is 0 Å². The van der Waals surface area contributed by atoms with Crippen molar-refractivity contribution in [3.05, 3.63) is 35.9 Å². The van der Waals surface area contributed by atoms with E-state index in [1.165, 1.54) is 24.9 Å². The summed E-state index contributed by atoms with van der Waals surface area (Å²) in [7, 11) is 0. The van der Waals surface area contributed by atoms with Gasteiger partial charge in [-0.3, -0.25) is 4.90 Å². The van der Waals surface area contributed by atoms with Gasteiger partial charge in [-0.15, -0.1) is 0 Å². The smallest absolute Gasteiger partial charge is 0.317 e. The standard InChI is InChI=1S/C21H34N4O/c1-18(2)25-10-6-9-20(17-25)15-22-21(26)24-13-11-23(12-14-24)16-19-7-4-3-5-8-19/h3-5,7-8,18,20H,6,9-17H2,1-2H3,(H,22,26). The molecular weight excluding hydrogens is 324 g/mol. The second-order valence-corrected chi connectivity index (χ2v) is 8.03. The molecule has 0 aromatic heterocycles. The van der Waals surface area contributed by atoms with E-state index in [2.05, 4.69) is 59.3 Å². The van der Waals surface area contributed by atoms with Crippen LogP contribution in [0.2, 0.25) is 0 Å². The molecule has 3 rings (SSSR count). The van der Waals surface area contributed by atoms with Gasteiger partial charge in [-0.05, 0) is 44.7 Å². The number of likely N-dealkylation sites (tertiary alicyclic amines) is 1. The third-order valence-corrected chi connectivity index (χ3v) is 5.73. The molecule has 1 aromatic rings. The SMILES string of the molecule is CC(C)N1CCCC(CNC(=O)N2CCN(Cc3ccccc3)CC2)C1. The number of piperazine rings is 1. The van der Waals surface area contributed by atoms with Crippen LogP contribution < -0.4 is 5.32 Å². The Morgan fingerprint density at radius 1 is 1.12 bits per heavy atom. The molecule has 26 heavy (non-hydrogen) atoms. The van der Waals surface area contributed by atoms with E-state index in [0.717, 1.165) is 45.8 Å². The van der Waals surface area contributed by atoms with Crippen LogP contribution in [-0.2, 0) is 6.54 Å². The Balaban J connectivity index is 1.37. The first-order valence-corrected chi connectivity index (χ1v) is 10.1. The Bertz CT molecular complexity index is 554. The number of carbonyl (C=O) groups is 1. The summed E-state index contributed by atoms with van der Waals surface area (Å²) in [4.78, 5) is 19.4. The van der Waals surface area contributed by atoms with Crippen LogP contribution in [0.5, 0.6) is 0 Å². The van der Waals surface area contributed by atoms with Crippen LogP contribution in [0.25, 0.3) is 0 Å². The maximum atomic E-state index is 12.5. The molecule has 5 heteroatoms. The van der Waals surface area contributed by atoms with Crippen LogP contribution in [0.4, 0.5) is 4.79 Å². The molecule has 1 atom stereocenters. The van der Waals surface area contributed by atoms with E-state index in [9.17, 15) is 4.79 Å². The Kier molecular flexibility index (Phi) is 6.92. The van der Waals surface area contributed by atoms with Crippen molar-refractivity contribution in [1.29, 1.82) is 0 Å². The molecule has 2 saturated heterocycles. The zero-order valence-electron chi connectivity index (χ0n) is 16.4. The van der Waals surface area contributed by atoms with Gasteiger partial charge < -0.3 is 15.1 Å². The molecule has 0 spiro atoms. The molecule has 144 valence electrons. The molecule has 0 radical (unpaired) electrons. The van der Waals surface area contributed by atoms with Gasteiger partial charge in [0, 0.05) is 51.9 Å². The van der Waals surface area contributed by atoms with E-state index >= 15 is 0 Å². The molecule has 0 bridgehead atoms. The number of urea groups is 1. The predicted octanol–water partition coefficient (Wildman–Crippen LogP) is 2.63. The average Bonchev–Trinajstić information content (AvgIpc) is 2.68. The Morgan fingerprint density at radius 2 is 1.85 bits per heavy atom. The third kappa shape index (κ3) is 5.45. The molecule has 2 fully saturated rings. The van der Waals surface area contributed by atoms with Crippen molar-refractivity contribution >= 4 is 6.03 Å². The van der Waals surface area contributed by atoms with Gasteiger partial charge in [0.2, 0.25) is 0 Å². The van der Waals surface area contributed by atoms with E-state index in [4.69, 9.17) is 0 Å². The number of rotatable bonds is 5. The summed E-state index contributed by atoms with van der Waals surface area (Å²) in [5.41, 5.74) is 1.34. The lowest BCUT2D eigenvalue weighted by Gasteiger charge is -2.37. The molecule has 1 N–H and O–H groups in total. The van der Waals surface area contributed by atoms with E-state index in [1.54, 1.807) is 0 Å². The van der Waals surface area contributed by atoms with Crippen LogP contribution in [0.3, 0.4) is 0 Å². The van der Waals surface area contributed by atoms with Gasteiger partial charge in [0.1, 0.15) is 0 Å². The topological polar surface area (TPSA) is 38.8 Å². The van der Waals surface area contributed by atoms with Gasteiger partial charge in [0.15, 0.2) is 0 Å². The number of hydrogen-bond donors (Lipinski definition) is 1. The van der Waals surface area contributed by atoms with Crippen LogP contribution in [0.15, 0.2) is 30.3 Å². The first-order chi connectivity index (χ1) is 12.6. The van der Waals surface area contributed by atoms with E-state index in [1.807, 2.05) is 4.90 Å². The lowest BCUT2D eigenvalue weighted by atomic mass is 9.97. The maximum absolute atomic E-state index is 12.5. The lowest BCUT2D eigenvalue weighted by molar-refractivity contribution is 0.124. The van der Waals surface area contributed by atoms with E-state index in [0.29, 0.717) is 12.0 Å². The normalized spacial score (nSPS) is 22.6. The first-order valence-electron chi connectivity index (χ1n) is 10.1. The van der Waals surface area contributed by atoms with Crippen LogP contribution in [0, 0.1) is 5.92 Å². The van der Waals surface area contributed by atoms with Gasteiger partial charge in [0.25, 0.3) is 0 Å². The summed E-state index contributed by atoms with van der Waals surface area (Å²) in [6.45, 7) is 12.2. The molecule has 1 unspecified atom stereocenters. The highest BCUT2D eigenvalue weighted by atomic mass is 16.2. The second-order valence-electron chi connectivity index (χ2n) is 8.03. The summed E-state index contributed by atoms with van der Waals surface area (Å²) in [5.74, 6) is 0.592. The largest absolute Gasteiger partial charge is 0.338 e. The molecule has 1 aromatic carbocycles. The van der Waals surface area contributed by atoms with Gasteiger partial charge in [-0.1, -0.05) is 30.3 Å². The van der Waals surface area contributed by atoms with Crippen molar-refractivity contribution in [2.24, 2.45) is 5.92 Å². The van der Waals surface area contributed by atoms with Gasteiger partial charge in [-0.25, -0.2) is 4.79 Å². The van der Waals surface area contributed by atoms with Crippen LogP contribution >= 0.6 is 0 Å². The molecule has 2 aliphatic rings. The highest BCUT2D eigenvalue weighted by Crippen LogP contribution is 2.18. The Labute approximate surface area is 158 Å². The van der Waals surface area contributed by atoms with Crippen LogP contribution in [0.1, 0.15) is 32.3 Å². The molecule has 2 aliphatic heterocycles. The molecule has 2 amide bonds. The minimum atomic E-state index is 0.117. The van der Waals surface area contributed by atoms with Crippen molar-refractivity contribution in [2.75, 3.05) is 45.8 Å². The summed E-state index contributed by atoms with van der Waals surface area (Å²) in [6.07, 6.45) is 2.48. The average molecular weight is 359 g/mol. The minimum absolute atomic E-state index is 0.117. The molecule has 0 saturated carbocycles. The van der Waals surface area contributed by atoms with Crippen molar-refractivity contribution in [3.8, 4) is 0 Å². The number of carbonyl (C=O) groups excluding carboxylic acids is 1. The summed E-state index contributed by atoms with van der Waals surface area (Å²) >= 11 is 0. The van der Waals surface area contributed by atoms with Crippen molar-refractivity contribution < 1.29 is 4.79 Å². The molecule has 2 heterocycles. The zero-order valence-corrected chi connectivity index (χ0v) is 16.4.